The molecule has 1 aliphatic carbocycles. The van der Waals surface area contributed by atoms with Crippen LogP contribution in [0.1, 0.15) is 59.3 Å². The maximum Gasteiger partial charge on any atom is 0.411 e. The molecule has 5 aliphatic rings. The molecule has 3 amide bonds. The lowest BCUT2D eigenvalue weighted by atomic mass is 9.71. The number of fused-ring (bicyclic) bond motifs is 3. The van der Waals surface area contributed by atoms with Crippen molar-refractivity contribution < 1.29 is 37.4 Å². The van der Waals surface area contributed by atoms with Crippen LogP contribution in [0.3, 0.4) is 0 Å². The number of esters is 1. The Labute approximate surface area is 202 Å². The first-order chi connectivity index (χ1) is 16.4. The molecule has 4 saturated heterocycles. The van der Waals surface area contributed by atoms with Gasteiger partial charge in [0.2, 0.25) is 11.8 Å². The van der Waals surface area contributed by atoms with Crippen molar-refractivity contribution in [3.05, 3.63) is 11.6 Å². The Hall–Kier alpha value is -2.72. The van der Waals surface area contributed by atoms with Gasteiger partial charge >= 0.3 is 12.1 Å². The van der Waals surface area contributed by atoms with Gasteiger partial charge in [0.1, 0.15) is 11.6 Å². The van der Waals surface area contributed by atoms with Crippen LogP contribution >= 0.6 is 0 Å². The predicted molar refractivity (Wildman–Crippen MR) is 119 cm³/mol. The van der Waals surface area contributed by atoms with Crippen LogP contribution in [-0.2, 0) is 23.9 Å². The lowest BCUT2D eigenvalue weighted by molar-refractivity contribution is -0.184. The molecule has 0 unspecified atom stereocenters. The Balaban J connectivity index is 1.60. The smallest absolute Gasteiger partial charge is 0.411 e. The van der Waals surface area contributed by atoms with E-state index in [0.717, 1.165) is 0 Å². The topological polar surface area (TPSA) is 114 Å². The summed E-state index contributed by atoms with van der Waals surface area (Å²) in [6, 6.07) is -2.99. The van der Waals surface area contributed by atoms with Crippen molar-refractivity contribution in [2.75, 3.05) is 13.2 Å². The highest BCUT2D eigenvalue weighted by Crippen LogP contribution is 2.49. The molecular formula is C24H33F2N3O6. The molecule has 1 saturated carbocycles. The Morgan fingerprint density at radius 2 is 2.03 bits per heavy atom. The number of carbonyl (C=O) groups excluding carboxylic acids is 4. The summed E-state index contributed by atoms with van der Waals surface area (Å²) >= 11 is 0. The fourth-order valence-electron chi connectivity index (χ4n) is 5.54. The lowest BCUT2D eigenvalue weighted by Crippen LogP contribution is -2.69. The number of hydrogen-bond acceptors (Lipinski definition) is 6. The summed E-state index contributed by atoms with van der Waals surface area (Å²) in [6.45, 7) is 5.75. The zero-order valence-corrected chi connectivity index (χ0v) is 20.3. The molecule has 0 spiro atoms. The molecule has 35 heavy (non-hydrogen) atoms. The Morgan fingerprint density at radius 3 is 2.60 bits per heavy atom. The highest BCUT2D eigenvalue weighted by molar-refractivity contribution is 5.91. The van der Waals surface area contributed by atoms with Crippen LogP contribution in [0.25, 0.3) is 0 Å². The molecule has 4 aliphatic heterocycles. The van der Waals surface area contributed by atoms with Crippen LogP contribution in [0.15, 0.2) is 11.6 Å². The molecule has 0 radical (unpaired) electrons. The first-order valence-electron chi connectivity index (χ1n) is 12.2. The van der Waals surface area contributed by atoms with E-state index in [-0.39, 0.29) is 31.3 Å². The largest absolute Gasteiger partial charge is 0.462 e. The second-order valence-electron chi connectivity index (χ2n) is 10.8. The van der Waals surface area contributed by atoms with Gasteiger partial charge in [0, 0.05) is 43.0 Å². The van der Waals surface area contributed by atoms with Crippen molar-refractivity contribution >= 4 is 23.9 Å². The number of ether oxygens (including phenoxy) is 2. The summed E-state index contributed by atoms with van der Waals surface area (Å²) in [4.78, 5) is 51.9. The molecule has 0 aromatic rings. The zero-order chi connectivity index (χ0) is 25.5. The first-order valence-corrected chi connectivity index (χ1v) is 12.2. The van der Waals surface area contributed by atoms with Gasteiger partial charge < -0.3 is 20.1 Å². The number of rotatable bonds is 5. The van der Waals surface area contributed by atoms with E-state index in [1.807, 2.05) is 0 Å². The summed E-state index contributed by atoms with van der Waals surface area (Å²) in [5.74, 6) is -6.23. The van der Waals surface area contributed by atoms with Crippen LogP contribution in [0.5, 0.6) is 0 Å². The monoisotopic (exact) mass is 497 g/mol. The van der Waals surface area contributed by atoms with Crippen LogP contribution in [0, 0.1) is 11.8 Å². The second kappa shape index (κ2) is 9.39. The van der Waals surface area contributed by atoms with E-state index >= 15 is 0 Å². The van der Waals surface area contributed by atoms with E-state index in [4.69, 9.17) is 9.47 Å². The molecule has 5 fully saturated rings. The Morgan fingerprint density at radius 1 is 1.29 bits per heavy atom. The quantitative estimate of drug-likeness (QED) is 0.445. The third-order valence-electron chi connectivity index (χ3n) is 7.11. The van der Waals surface area contributed by atoms with Crippen molar-refractivity contribution in [2.24, 2.45) is 11.8 Å². The van der Waals surface area contributed by atoms with Gasteiger partial charge in [0.25, 0.3) is 5.92 Å². The molecule has 2 bridgehead atoms. The first kappa shape index (κ1) is 25.4. The van der Waals surface area contributed by atoms with Crippen molar-refractivity contribution in [2.45, 2.75) is 88.9 Å². The number of amides is 3. The predicted octanol–water partition coefficient (Wildman–Crippen LogP) is 2.29. The average Bonchev–Trinajstić information content (AvgIpc) is 3.33. The Bertz CT molecular complexity index is 931. The minimum atomic E-state index is -3.10. The third kappa shape index (κ3) is 5.43. The second-order valence-corrected chi connectivity index (χ2v) is 10.8. The summed E-state index contributed by atoms with van der Waals surface area (Å²) < 4.78 is 40.2. The fourth-order valence-corrected chi connectivity index (χ4v) is 5.54. The highest BCUT2D eigenvalue weighted by atomic mass is 19.3. The molecule has 5 atom stereocenters. The molecule has 0 aromatic heterocycles. The molecule has 9 nitrogen and oxygen atoms in total. The van der Waals surface area contributed by atoms with Crippen LogP contribution < -0.4 is 10.6 Å². The number of nitrogens with zero attached hydrogens (tertiary/aromatic N) is 1. The fraction of sp³-hybridized carbons (Fsp3) is 0.750. The standard InChI is InChI=1S/C24H33F2N3O6/c1-23(2,3)35-22(33)29-16-4-5-17(24(25,26)12-16)18(29)20(31)28-15(10-13-6-8-27-19(13)30)11-14-7-9-34-21(14)32/h11,13,15-18H,4-10,12H2,1-3H3,(H,27,30)(H,28,31)/b14-11-/t13-,15-,16-,17-,18-/m0/s1. The normalized spacial score (nSPS) is 31.8. The Kier molecular flexibility index (Phi) is 6.80. The van der Waals surface area contributed by atoms with Crippen molar-refractivity contribution in [3.8, 4) is 0 Å². The van der Waals surface area contributed by atoms with Crippen molar-refractivity contribution in [3.63, 3.8) is 0 Å². The maximum absolute atomic E-state index is 14.9. The van der Waals surface area contributed by atoms with E-state index < -0.39 is 60.0 Å². The molecule has 2 N–H and O–H groups in total. The van der Waals surface area contributed by atoms with E-state index in [0.29, 0.717) is 31.4 Å². The van der Waals surface area contributed by atoms with Crippen LogP contribution in [0.4, 0.5) is 13.6 Å². The van der Waals surface area contributed by atoms with Gasteiger partial charge in [-0.3, -0.25) is 14.5 Å². The number of hydrogen-bond donors (Lipinski definition) is 2. The SMILES string of the molecule is CC(C)(C)OC(=O)N1[C@H]2CC[C@@H]([C@H]1C(=O)N[C@H](/C=C1/CCOC1=O)C[C@@H]1CCNC1=O)C(F)(F)C2. The van der Waals surface area contributed by atoms with E-state index in [2.05, 4.69) is 10.6 Å². The van der Waals surface area contributed by atoms with Gasteiger partial charge in [-0.2, -0.15) is 0 Å². The molecule has 4 heterocycles. The lowest BCUT2D eigenvalue weighted by Gasteiger charge is -2.53. The van der Waals surface area contributed by atoms with Gasteiger partial charge in [0.05, 0.1) is 12.5 Å². The number of nitrogens with one attached hydrogen (secondary N) is 2. The van der Waals surface area contributed by atoms with E-state index in [9.17, 15) is 28.0 Å². The molecule has 11 heteroatoms. The van der Waals surface area contributed by atoms with E-state index in [1.54, 1.807) is 26.8 Å². The number of carbonyl (C=O) groups is 4. The summed E-state index contributed by atoms with van der Waals surface area (Å²) in [5, 5.41) is 5.50. The molecule has 194 valence electrons. The van der Waals surface area contributed by atoms with Gasteiger partial charge in [-0.15, -0.1) is 0 Å². The highest BCUT2D eigenvalue weighted by Gasteiger charge is 2.61. The summed E-state index contributed by atoms with van der Waals surface area (Å²) in [7, 11) is 0. The van der Waals surface area contributed by atoms with Gasteiger partial charge in [-0.05, 0) is 46.5 Å². The number of halogens is 2. The van der Waals surface area contributed by atoms with Gasteiger partial charge in [0.15, 0.2) is 0 Å². The third-order valence-corrected chi connectivity index (χ3v) is 7.11. The zero-order valence-electron chi connectivity index (χ0n) is 20.3. The summed E-state index contributed by atoms with van der Waals surface area (Å²) in [5.41, 5.74) is -0.489. The molecule has 5 rings (SSSR count). The van der Waals surface area contributed by atoms with Crippen LogP contribution in [0.2, 0.25) is 0 Å². The maximum atomic E-state index is 14.9. The minimum Gasteiger partial charge on any atom is -0.462 e. The van der Waals surface area contributed by atoms with Crippen LogP contribution in [-0.4, -0.2) is 71.6 Å². The molecule has 0 aromatic carbocycles. The minimum absolute atomic E-state index is 0.109. The number of cyclic esters (lactones) is 1. The van der Waals surface area contributed by atoms with Gasteiger partial charge in [-0.1, -0.05) is 6.08 Å². The van der Waals surface area contributed by atoms with Crippen molar-refractivity contribution in [1.82, 2.24) is 15.5 Å². The summed E-state index contributed by atoms with van der Waals surface area (Å²) in [6.07, 6.45) is 1.85. The van der Waals surface area contributed by atoms with E-state index in [1.165, 1.54) is 4.90 Å². The number of piperidine rings is 2. The average molecular weight is 498 g/mol. The van der Waals surface area contributed by atoms with Crippen molar-refractivity contribution in [1.29, 1.82) is 0 Å². The van der Waals surface area contributed by atoms with Gasteiger partial charge in [-0.25, -0.2) is 18.4 Å². The number of alkyl halides is 2. The molecular weight excluding hydrogens is 464 g/mol.